The van der Waals surface area contributed by atoms with E-state index in [0.717, 1.165) is 12.3 Å². The van der Waals surface area contributed by atoms with Crippen molar-refractivity contribution in [2.24, 2.45) is 0 Å². The SMILES string of the molecule is COC1ONN2CCSCC12. The lowest BCUT2D eigenvalue weighted by Crippen LogP contribution is -2.45. The molecule has 64 valence electrons. The minimum Gasteiger partial charge on any atom is -0.353 e. The molecule has 0 aliphatic carbocycles. The van der Waals surface area contributed by atoms with Gasteiger partial charge in [-0.3, -0.25) is 4.84 Å². The highest BCUT2D eigenvalue weighted by Crippen LogP contribution is 2.22. The Bertz CT molecular complexity index is 141. The number of hydrogen-bond donors (Lipinski definition) is 1. The average molecular weight is 176 g/mol. The van der Waals surface area contributed by atoms with Gasteiger partial charge in [0.25, 0.3) is 0 Å². The van der Waals surface area contributed by atoms with E-state index >= 15 is 0 Å². The van der Waals surface area contributed by atoms with Crippen molar-refractivity contribution >= 4 is 11.8 Å². The predicted octanol–water partition coefficient (Wildman–Crippen LogP) is -0.174. The van der Waals surface area contributed by atoms with Gasteiger partial charge in [0.2, 0.25) is 0 Å². The zero-order valence-corrected chi connectivity index (χ0v) is 7.26. The van der Waals surface area contributed by atoms with Gasteiger partial charge in [0.15, 0.2) is 6.29 Å². The molecule has 0 aromatic carbocycles. The Morgan fingerprint density at radius 1 is 1.73 bits per heavy atom. The van der Waals surface area contributed by atoms with E-state index in [4.69, 9.17) is 9.57 Å². The van der Waals surface area contributed by atoms with Crippen molar-refractivity contribution in [1.29, 1.82) is 0 Å². The van der Waals surface area contributed by atoms with Crippen LogP contribution in [0.2, 0.25) is 0 Å². The summed E-state index contributed by atoms with van der Waals surface area (Å²) in [4.78, 5) is 5.19. The first-order chi connectivity index (χ1) is 5.42. The third-order valence-electron chi connectivity index (χ3n) is 2.00. The van der Waals surface area contributed by atoms with Gasteiger partial charge < -0.3 is 4.74 Å². The fraction of sp³-hybridized carbons (Fsp3) is 1.00. The minimum atomic E-state index is -0.0946. The first-order valence-corrected chi connectivity index (χ1v) is 4.86. The van der Waals surface area contributed by atoms with Crippen LogP contribution in [0.1, 0.15) is 0 Å². The van der Waals surface area contributed by atoms with Crippen LogP contribution in [-0.4, -0.2) is 42.5 Å². The Morgan fingerprint density at radius 2 is 2.64 bits per heavy atom. The van der Waals surface area contributed by atoms with Gasteiger partial charge in [0.1, 0.15) is 0 Å². The molecule has 2 saturated heterocycles. The van der Waals surface area contributed by atoms with E-state index in [0.29, 0.717) is 6.04 Å². The second kappa shape index (κ2) is 3.28. The second-order valence-electron chi connectivity index (χ2n) is 2.65. The molecule has 0 spiro atoms. The molecule has 2 fully saturated rings. The van der Waals surface area contributed by atoms with Crippen molar-refractivity contribution in [2.75, 3.05) is 25.2 Å². The van der Waals surface area contributed by atoms with Crippen LogP contribution in [-0.2, 0) is 9.57 Å². The largest absolute Gasteiger partial charge is 0.353 e. The van der Waals surface area contributed by atoms with Crippen molar-refractivity contribution in [3.63, 3.8) is 0 Å². The van der Waals surface area contributed by atoms with Crippen LogP contribution >= 0.6 is 11.8 Å². The van der Waals surface area contributed by atoms with Gasteiger partial charge in [-0.15, -0.1) is 5.59 Å². The maximum absolute atomic E-state index is 5.19. The first-order valence-electron chi connectivity index (χ1n) is 3.70. The van der Waals surface area contributed by atoms with E-state index in [2.05, 4.69) is 10.6 Å². The fourth-order valence-electron chi connectivity index (χ4n) is 1.36. The van der Waals surface area contributed by atoms with Crippen LogP contribution < -0.4 is 5.59 Å². The van der Waals surface area contributed by atoms with Crippen LogP contribution in [0.3, 0.4) is 0 Å². The van der Waals surface area contributed by atoms with Crippen molar-refractivity contribution < 1.29 is 9.57 Å². The number of nitrogens with one attached hydrogen (secondary N) is 1. The van der Waals surface area contributed by atoms with E-state index in [-0.39, 0.29) is 6.29 Å². The zero-order valence-electron chi connectivity index (χ0n) is 6.45. The molecule has 2 atom stereocenters. The maximum atomic E-state index is 5.19. The number of hydrogen-bond acceptors (Lipinski definition) is 5. The zero-order chi connectivity index (χ0) is 7.68. The Hall–Kier alpha value is 0.190. The molecule has 0 saturated carbocycles. The number of ether oxygens (including phenoxy) is 1. The third-order valence-corrected chi connectivity index (χ3v) is 3.05. The summed E-state index contributed by atoms with van der Waals surface area (Å²) in [5, 5.41) is 2.10. The van der Waals surface area contributed by atoms with Crippen molar-refractivity contribution in [2.45, 2.75) is 12.3 Å². The molecule has 11 heavy (non-hydrogen) atoms. The van der Waals surface area contributed by atoms with Crippen LogP contribution in [0.25, 0.3) is 0 Å². The molecule has 0 amide bonds. The van der Waals surface area contributed by atoms with Gasteiger partial charge in [-0.1, -0.05) is 0 Å². The molecule has 2 unspecified atom stereocenters. The number of nitrogens with zero attached hydrogens (tertiary/aromatic N) is 1. The van der Waals surface area contributed by atoms with E-state index in [9.17, 15) is 0 Å². The fourth-order valence-corrected chi connectivity index (χ4v) is 2.44. The topological polar surface area (TPSA) is 33.7 Å². The van der Waals surface area contributed by atoms with Crippen molar-refractivity contribution in [1.82, 2.24) is 10.6 Å². The monoisotopic (exact) mass is 176 g/mol. The van der Waals surface area contributed by atoms with Crippen molar-refractivity contribution in [3.8, 4) is 0 Å². The number of fused-ring (bicyclic) bond motifs is 1. The minimum absolute atomic E-state index is 0.0946. The highest BCUT2D eigenvalue weighted by atomic mass is 32.2. The molecular weight excluding hydrogens is 164 g/mol. The maximum Gasteiger partial charge on any atom is 0.196 e. The standard InChI is InChI=1S/C6H12N2O2S/c1-9-6-5-4-11-3-2-8(5)7-10-6/h5-7H,2-4H2,1H3. The number of thioether (sulfide) groups is 1. The Balaban J connectivity index is 1.98. The Labute approximate surface area is 70.1 Å². The normalized spacial score (nSPS) is 39.0. The van der Waals surface area contributed by atoms with E-state index < -0.39 is 0 Å². The number of rotatable bonds is 1. The summed E-state index contributed by atoms with van der Waals surface area (Å²) >= 11 is 1.95. The highest BCUT2D eigenvalue weighted by Gasteiger charge is 2.37. The average Bonchev–Trinajstić information content (AvgIpc) is 2.47. The Morgan fingerprint density at radius 3 is 3.45 bits per heavy atom. The lowest BCUT2D eigenvalue weighted by atomic mass is 10.3. The van der Waals surface area contributed by atoms with Crippen molar-refractivity contribution in [3.05, 3.63) is 0 Å². The summed E-state index contributed by atoms with van der Waals surface area (Å²) < 4.78 is 5.14. The molecule has 0 radical (unpaired) electrons. The molecule has 0 aromatic rings. The molecule has 2 aliphatic rings. The summed E-state index contributed by atoms with van der Waals surface area (Å²) in [6.45, 7) is 1.04. The Kier molecular flexibility index (Phi) is 2.33. The van der Waals surface area contributed by atoms with Gasteiger partial charge >= 0.3 is 0 Å². The second-order valence-corrected chi connectivity index (χ2v) is 3.80. The molecule has 0 bridgehead atoms. The first kappa shape index (κ1) is 7.82. The molecule has 2 aliphatic heterocycles. The highest BCUT2D eigenvalue weighted by molar-refractivity contribution is 7.99. The summed E-state index contributed by atoms with van der Waals surface area (Å²) in [6, 6.07) is 0.388. The molecular formula is C6H12N2O2S. The summed E-state index contributed by atoms with van der Waals surface area (Å²) in [5.41, 5.74) is 2.85. The summed E-state index contributed by atoms with van der Waals surface area (Å²) in [5.74, 6) is 2.26. The summed E-state index contributed by atoms with van der Waals surface area (Å²) in [7, 11) is 1.68. The van der Waals surface area contributed by atoms with Gasteiger partial charge in [0.05, 0.1) is 6.04 Å². The molecule has 2 heterocycles. The van der Waals surface area contributed by atoms with Crippen LogP contribution in [0.15, 0.2) is 0 Å². The number of methoxy groups -OCH3 is 1. The van der Waals surface area contributed by atoms with Gasteiger partial charge in [-0.2, -0.15) is 11.8 Å². The molecule has 4 nitrogen and oxygen atoms in total. The van der Waals surface area contributed by atoms with E-state index in [1.54, 1.807) is 7.11 Å². The van der Waals surface area contributed by atoms with E-state index in [1.807, 2.05) is 11.8 Å². The quantitative estimate of drug-likeness (QED) is 0.599. The van der Waals surface area contributed by atoms with Crippen LogP contribution in [0, 0.1) is 0 Å². The lowest BCUT2D eigenvalue weighted by molar-refractivity contribution is -0.133. The molecule has 0 aromatic heterocycles. The summed E-state index contributed by atoms with van der Waals surface area (Å²) in [6.07, 6.45) is -0.0946. The van der Waals surface area contributed by atoms with Gasteiger partial charge in [-0.25, -0.2) is 5.01 Å². The predicted molar refractivity (Wildman–Crippen MR) is 42.8 cm³/mol. The third kappa shape index (κ3) is 1.39. The van der Waals surface area contributed by atoms with Gasteiger partial charge in [0, 0.05) is 25.2 Å². The van der Waals surface area contributed by atoms with Crippen LogP contribution in [0.5, 0.6) is 0 Å². The lowest BCUT2D eigenvalue weighted by Gasteiger charge is -2.27. The van der Waals surface area contributed by atoms with E-state index in [1.165, 1.54) is 5.75 Å². The molecule has 5 heteroatoms. The molecule has 1 N–H and O–H groups in total. The van der Waals surface area contributed by atoms with Crippen LogP contribution in [0.4, 0.5) is 0 Å². The smallest absolute Gasteiger partial charge is 0.196 e. The molecule has 2 rings (SSSR count). The number of hydrazine groups is 1. The van der Waals surface area contributed by atoms with Gasteiger partial charge in [-0.05, 0) is 0 Å².